The van der Waals surface area contributed by atoms with Crippen LogP contribution in [0.2, 0.25) is 0 Å². The van der Waals surface area contributed by atoms with Crippen molar-refractivity contribution in [3.63, 3.8) is 0 Å². The van der Waals surface area contributed by atoms with Gasteiger partial charge in [-0.1, -0.05) is 12.1 Å². The molecule has 0 saturated heterocycles. The SMILES string of the molecule is CCCNc1cc([N+](=O)[O-])cc(NCc2cc(C)no2)n1. The Kier molecular flexibility index (Phi) is 4.70. The molecule has 112 valence electrons. The molecule has 8 nitrogen and oxygen atoms in total. The van der Waals surface area contributed by atoms with Gasteiger partial charge in [0.25, 0.3) is 5.69 Å². The molecule has 8 heteroatoms. The molecule has 2 N–H and O–H groups in total. The van der Waals surface area contributed by atoms with Crippen LogP contribution in [0, 0.1) is 17.0 Å². The van der Waals surface area contributed by atoms with E-state index in [0.29, 0.717) is 30.5 Å². The van der Waals surface area contributed by atoms with Gasteiger partial charge in [0, 0.05) is 12.6 Å². The molecule has 0 fully saturated rings. The van der Waals surface area contributed by atoms with Gasteiger partial charge in [-0.3, -0.25) is 10.1 Å². The Balaban J connectivity index is 2.12. The number of pyridine rings is 1. The Morgan fingerprint density at radius 3 is 2.57 bits per heavy atom. The topological polar surface area (TPSA) is 106 Å². The average Bonchev–Trinajstić information content (AvgIpc) is 2.88. The van der Waals surface area contributed by atoms with Crippen LogP contribution in [0.4, 0.5) is 17.3 Å². The third-order valence-electron chi connectivity index (χ3n) is 2.70. The zero-order valence-electron chi connectivity index (χ0n) is 11.9. The summed E-state index contributed by atoms with van der Waals surface area (Å²) in [5.41, 5.74) is 0.768. The third kappa shape index (κ3) is 4.16. The minimum atomic E-state index is -0.442. The zero-order chi connectivity index (χ0) is 15.2. The fraction of sp³-hybridized carbons (Fsp3) is 0.385. The molecule has 0 radical (unpaired) electrons. The molecule has 0 saturated carbocycles. The molecule has 0 bridgehead atoms. The highest BCUT2D eigenvalue weighted by Crippen LogP contribution is 2.21. The summed E-state index contributed by atoms with van der Waals surface area (Å²) in [6.45, 7) is 4.90. The van der Waals surface area contributed by atoms with Crippen molar-refractivity contribution in [3.05, 3.63) is 39.8 Å². The summed E-state index contributed by atoms with van der Waals surface area (Å²) in [5.74, 6) is 1.53. The van der Waals surface area contributed by atoms with E-state index in [0.717, 1.165) is 12.1 Å². The molecule has 2 rings (SSSR count). The van der Waals surface area contributed by atoms with Crippen molar-refractivity contribution in [3.8, 4) is 0 Å². The Labute approximate surface area is 121 Å². The fourth-order valence-electron chi connectivity index (χ4n) is 1.73. The van der Waals surface area contributed by atoms with Crippen molar-refractivity contribution in [1.29, 1.82) is 0 Å². The standard InChI is InChI=1S/C13H17N5O3/c1-3-4-14-12-6-10(18(19)20)7-13(16-12)15-8-11-5-9(2)17-21-11/h5-7H,3-4,8H2,1-2H3,(H2,14,15,16). The second kappa shape index (κ2) is 6.69. The number of aromatic nitrogens is 2. The number of hydrogen-bond acceptors (Lipinski definition) is 7. The second-order valence-corrected chi connectivity index (χ2v) is 4.57. The quantitative estimate of drug-likeness (QED) is 0.596. The van der Waals surface area contributed by atoms with E-state index in [1.807, 2.05) is 13.8 Å². The number of nitrogens with zero attached hydrogens (tertiary/aromatic N) is 3. The fourth-order valence-corrected chi connectivity index (χ4v) is 1.73. The van der Waals surface area contributed by atoms with Crippen LogP contribution in [-0.2, 0) is 6.54 Å². The number of nitrogens with one attached hydrogen (secondary N) is 2. The van der Waals surface area contributed by atoms with Crippen LogP contribution in [0.3, 0.4) is 0 Å². The van der Waals surface area contributed by atoms with Crippen LogP contribution >= 0.6 is 0 Å². The first-order valence-electron chi connectivity index (χ1n) is 6.65. The number of rotatable bonds is 7. The van der Waals surface area contributed by atoms with E-state index in [9.17, 15) is 10.1 Å². The lowest BCUT2D eigenvalue weighted by atomic mass is 10.3. The molecule has 0 aliphatic rings. The summed E-state index contributed by atoms with van der Waals surface area (Å²) in [7, 11) is 0. The molecular weight excluding hydrogens is 274 g/mol. The van der Waals surface area contributed by atoms with Crippen molar-refractivity contribution >= 4 is 17.3 Å². The average molecular weight is 291 g/mol. The molecule has 2 aromatic heterocycles. The molecule has 2 heterocycles. The summed E-state index contributed by atoms with van der Waals surface area (Å²) < 4.78 is 5.07. The van der Waals surface area contributed by atoms with Crippen LogP contribution in [-0.4, -0.2) is 21.6 Å². The van der Waals surface area contributed by atoms with Gasteiger partial charge in [-0.2, -0.15) is 0 Å². The molecule has 0 aliphatic carbocycles. The lowest BCUT2D eigenvalue weighted by Gasteiger charge is -2.08. The van der Waals surface area contributed by atoms with Crippen molar-refractivity contribution in [1.82, 2.24) is 10.1 Å². The Morgan fingerprint density at radius 1 is 1.29 bits per heavy atom. The van der Waals surface area contributed by atoms with Crippen molar-refractivity contribution in [2.45, 2.75) is 26.8 Å². The summed E-state index contributed by atoms with van der Waals surface area (Å²) in [6, 6.07) is 4.60. The number of anilines is 2. The first-order chi connectivity index (χ1) is 10.1. The van der Waals surface area contributed by atoms with Gasteiger partial charge >= 0.3 is 0 Å². The number of aryl methyl sites for hydroxylation is 1. The molecule has 0 atom stereocenters. The van der Waals surface area contributed by atoms with Gasteiger partial charge in [0.05, 0.1) is 29.3 Å². The van der Waals surface area contributed by atoms with Crippen LogP contribution in [0.15, 0.2) is 22.7 Å². The van der Waals surface area contributed by atoms with Gasteiger partial charge < -0.3 is 15.2 Å². The maximum Gasteiger partial charge on any atom is 0.276 e. The van der Waals surface area contributed by atoms with Crippen LogP contribution < -0.4 is 10.6 Å². The highest BCUT2D eigenvalue weighted by molar-refractivity contribution is 5.54. The van der Waals surface area contributed by atoms with Crippen molar-refractivity contribution in [2.75, 3.05) is 17.2 Å². The largest absolute Gasteiger partial charge is 0.370 e. The molecule has 0 aliphatic heterocycles. The summed E-state index contributed by atoms with van der Waals surface area (Å²) in [5, 5.41) is 20.8. The predicted octanol–water partition coefficient (Wildman–Crippen LogP) is 2.72. The lowest BCUT2D eigenvalue weighted by molar-refractivity contribution is -0.384. The second-order valence-electron chi connectivity index (χ2n) is 4.57. The first-order valence-corrected chi connectivity index (χ1v) is 6.65. The Morgan fingerprint density at radius 2 is 2.00 bits per heavy atom. The maximum absolute atomic E-state index is 11.0. The van der Waals surface area contributed by atoms with E-state index >= 15 is 0 Å². The van der Waals surface area contributed by atoms with Crippen molar-refractivity contribution < 1.29 is 9.45 Å². The van der Waals surface area contributed by atoms with E-state index in [4.69, 9.17) is 4.52 Å². The highest BCUT2D eigenvalue weighted by Gasteiger charge is 2.11. The number of nitro groups is 1. The predicted molar refractivity (Wildman–Crippen MR) is 78.2 cm³/mol. The molecule has 0 aromatic carbocycles. The molecule has 0 amide bonds. The monoisotopic (exact) mass is 291 g/mol. The molecule has 0 spiro atoms. The van der Waals surface area contributed by atoms with Gasteiger partial charge in [0.1, 0.15) is 11.6 Å². The van der Waals surface area contributed by atoms with Gasteiger partial charge in [-0.05, 0) is 13.3 Å². The van der Waals surface area contributed by atoms with Crippen molar-refractivity contribution in [2.24, 2.45) is 0 Å². The van der Waals surface area contributed by atoms with E-state index in [-0.39, 0.29) is 5.69 Å². The molecular formula is C13H17N5O3. The summed E-state index contributed by atoms with van der Waals surface area (Å²) in [6.07, 6.45) is 0.907. The van der Waals surface area contributed by atoms with Gasteiger partial charge in [0.15, 0.2) is 5.76 Å². The molecule has 2 aromatic rings. The van der Waals surface area contributed by atoms with E-state index in [1.165, 1.54) is 12.1 Å². The summed E-state index contributed by atoms with van der Waals surface area (Å²) in [4.78, 5) is 14.8. The highest BCUT2D eigenvalue weighted by atomic mass is 16.6. The van der Waals surface area contributed by atoms with Gasteiger partial charge in [-0.15, -0.1) is 0 Å². The van der Waals surface area contributed by atoms with E-state index in [1.54, 1.807) is 6.07 Å². The van der Waals surface area contributed by atoms with E-state index in [2.05, 4.69) is 20.8 Å². The molecule has 0 unspecified atom stereocenters. The third-order valence-corrected chi connectivity index (χ3v) is 2.70. The normalized spacial score (nSPS) is 10.4. The summed E-state index contributed by atoms with van der Waals surface area (Å²) >= 11 is 0. The number of hydrogen-bond donors (Lipinski definition) is 2. The van der Waals surface area contributed by atoms with E-state index < -0.39 is 4.92 Å². The Hall–Kier alpha value is -2.64. The minimum Gasteiger partial charge on any atom is -0.370 e. The minimum absolute atomic E-state index is 0.0140. The maximum atomic E-state index is 11.0. The first kappa shape index (κ1) is 14.8. The lowest BCUT2D eigenvalue weighted by Crippen LogP contribution is -2.06. The van der Waals surface area contributed by atoms with Gasteiger partial charge in [-0.25, -0.2) is 4.98 Å². The molecule has 21 heavy (non-hydrogen) atoms. The van der Waals surface area contributed by atoms with Gasteiger partial charge in [0.2, 0.25) is 0 Å². The Bertz CT molecular complexity index is 626. The van der Waals surface area contributed by atoms with Crippen LogP contribution in [0.5, 0.6) is 0 Å². The van der Waals surface area contributed by atoms with Crippen LogP contribution in [0.25, 0.3) is 0 Å². The smallest absolute Gasteiger partial charge is 0.276 e. The van der Waals surface area contributed by atoms with Crippen LogP contribution in [0.1, 0.15) is 24.8 Å². The zero-order valence-corrected chi connectivity index (χ0v) is 11.9.